The first-order valence-electron chi connectivity index (χ1n) is 4.84. The van der Waals surface area contributed by atoms with Gasteiger partial charge in [-0.15, -0.1) is 0 Å². The highest BCUT2D eigenvalue weighted by Crippen LogP contribution is 2.25. The van der Waals surface area contributed by atoms with E-state index in [1.165, 1.54) is 0 Å². The average Bonchev–Trinajstić information content (AvgIpc) is 2.14. The molecule has 0 aliphatic heterocycles. The number of carbonyl (C=O) groups is 1. The van der Waals surface area contributed by atoms with Gasteiger partial charge in [0.05, 0.1) is 6.04 Å². The molecule has 2 atom stereocenters. The van der Waals surface area contributed by atoms with Crippen LogP contribution >= 0.6 is 11.6 Å². The van der Waals surface area contributed by atoms with Gasteiger partial charge in [-0.05, 0) is 38.8 Å². The predicted molar refractivity (Wildman–Crippen MR) is 59.3 cm³/mol. The molecule has 78 valence electrons. The molecule has 0 fully saturated rings. The second-order valence-corrected chi connectivity index (χ2v) is 4.14. The Morgan fingerprint density at radius 3 is 3.00 bits per heavy atom. The van der Waals surface area contributed by atoms with Crippen LogP contribution in [0.5, 0.6) is 0 Å². The molecule has 0 amide bonds. The van der Waals surface area contributed by atoms with Crippen LogP contribution < -0.4 is 5.32 Å². The number of halogens is 1. The smallest absolute Gasteiger partial charge is 0.146 e. The number of hydrogen-bond acceptors (Lipinski definition) is 2. The molecule has 1 unspecified atom stereocenters. The van der Waals surface area contributed by atoms with Crippen molar-refractivity contribution >= 4 is 17.4 Å². The Morgan fingerprint density at radius 1 is 1.79 bits per heavy atom. The van der Waals surface area contributed by atoms with Crippen molar-refractivity contribution in [3.63, 3.8) is 0 Å². The van der Waals surface area contributed by atoms with E-state index in [9.17, 15) is 4.79 Å². The molecule has 0 saturated carbocycles. The van der Waals surface area contributed by atoms with E-state index in [0.29, 0.717) is 5.92 Å². The fourth-order valence-corrected chi connectivity index (χ4v) is 1.93. The largest absolute Gasteiger partial charge is 0.311 e. The van der Waals surface area contributed by atoms with Crippen molar-refractivity contribution in [3.8, 4) is 0 Å². The first kappa shape index (κ1) is 11.5. The molecule has 0 saturated heterocycles. The Bertz CT molecular complexity index is 270. The van der Waals surface area contributed by atoms with Crippen LogP contribution in [0.1, 0.15) is 19.8 Å². The molecule has 0 radical (unpaired) electrons. The van der Waals surface area contributed by atoms with E-state index in [-0.39, 0.29) is 11.8 Å². The summed E-state index contributed by atoms with van der Waals surface area (Å²) in [5.41, 5.74) is 0. The first-order chi connectivity index (χ1) is 6.63. The molecule has 1 rings (SSSR count). The maximum absolute atomic E-state index is 11.2. The number of hydrogen-bond donors (Lipinski definition) is 1. The summed E-state index contributed by atoms with van der Waals surface area (Å²) in [5.74, 6) is 0.570. The third-order valence-corrected chi connectivity index (χ3v) is 2.78. The fraction of sp³-hybridized carbons (Fsp3) is 0.545. The molecule has 3 heteroatoms. The quantitative estimate of drug-likeness (QED) is 0.776. The van der Waals surface area contributed by atoms with Gasteiger partial charge in [-0.25, -0.2) is 0 Å². The van der Waals surface area contributed by atoms with Crippen LogP contribution in [0, 0.1) is 5.92 Å². The Labute approximate surface area is 90.0 Å². The van der Waals surface area contributed by atoms with Crippen LogP contribution in [0.4, 0.5) is 0 Å². The highest BCUT2D eigenvalue weighted by atomic mass is 35.5. The van der Waals surface area contributed by atoms with E-state index in [1.54, 1.807) is 6.92 Å². The van der Waals surface area contributed by atoms with Gasteiger partial charge in [-0.3, -0.25) is 4.79 Å². The number of ketones is 1. The van der Waals surface area contributed by atoms with E-state index in [4.69, 9.17) is 11.6 Å². The summed E-state index contributed by atoms with van der Waals surface area (Å²) in [5, 5.41) is 3.89. The standard InChI is InChI=1S/C11H16ClNO/c1-8(14)11(13-2)7-9-4-3-5-10(12)6-9/h3-5,9,11,13H,6-7H2,1-2H3/t9?,11-/m0/s1. The lowest BCUT2D eigenvalue weighted by atomic mass is 9.92. The molecule has 0 aromatic heterocycles. The molecule has 1 aliphatic carbocycles. The fourth-order valence-electron chi connectivity index (χ4n) is 1.66. The summed E-state index contributed by atoms with van der Waals surface area (Å²) in [6, 6.07) is -0.0489. The molecule has 0 aromatic carbocycles. The van der Waals surface area contributed by atoms with Crippen LogP contribution in [0.15, 0.2) is 23.3 Å². The van der Waals surface area contributed by atoms with Crippen molar-refractivity contribution in [2.45, 2.75) is 25.8 Å². The molecule has 0 spiro atoms. The van der Waals surface area contributed by atoms with Crippen LogP contribution in [-0.4, -0.2) is 18.9 Å². The van der Waals surface area contributed by atoms with E-state index in [0.717, 1.165) is 17.9 Å². The number of rotatable bonds is 4. The van der Waals surface area contributed by atoms with Gasteiger partial charge in [0.15, 0.2) is 0 Å². The highest BCUT2D eigenvalue weighted by molar-refractivity contribution is 6.29. The highest BCUT2D eigenvalue weighted by Gasteiger charge is 2.18. The molecule has 14 heavy (non-hydrogen) atoms. The lowest BCUT2D eigenvalue weighted by Gasteiger charge is -2.20. The van der Waals surface area contributed by atoms with Gasteiger partial charge in [0.1, 0.15) is 5.78 Å². The monoisotopic (exact) mass is 213 g/mol. The zero-order chi connectivity index (χ0) is 10.6. The SMILES string of the molecule is CN[C@@H](CC1C=CC=C(Cl)C1)C(C)=O. The second kappa shape index (κ2) is 5.32. The van der Waals surface area contributed by atoms with Gasteiger partial charge in [0.25, 0.3) is 0 Å². The lowest BCUT2D eigenvalue weighted by molar-refractivity contribution is -0.119. The maximum atomic E-state index is 11.2. The number of carbonyl (C=O) groups excluding carboxylic acids is 1. The van der Waals surface area contributed by atoms with Gasteiger partial charge < -0.3 is 5.32 Å². The Morgan fingerprint density at radius 2 is 2.50 bits per heavy atom. The van der Waals surface area contributed by atoms with Crippen LogP contribution in [0.2, 0.25) is 0 Å². The van der Waals surface area contributed by atoms with Crippen LogP contribution in [0.25, 0.3) is 0 Å². The third kappa shape index (κ3) is 3.28. The molecule has 2 nitrogen and oxygen atoms in total. The van der Waals surface area contributed by atoms with E-state index in [2.05, 4.69) is 11.4 Å². The first-order valence-corrected chi connectivity index (χ1v) is 5.22. The minimum Gasteiger partial charge on any atom is -0.311 e. The summed E-state index contributed by atoms with van der Waals surface area (Å²) in [4.78, 5) is 11.2. The number of allylic oxidation sites excluding steroid dienone is 4. The van der Waals surface area contributed by atoms with Crippen LogP contribution in [-0.2, 0) is 4.79 Å². The molecule has 1 aliphatic rings. The normalized spacial score (nSPS) is 23.1. The van der Waals surface area contributed by atoms with Crippen molar-refractivity contribution in [2.75, 3.05) is 7.05 Å². The van der Waals surface area contributed by atoms with Crippen molar-refractivity contribution in [1.29, 1.82) is 0 Å². The molecule has 1 N–H and O–H groups in total. The number of Topliss-reactive ketones (excluding diaryl/α,β-unsaturated/α-hetero) is 1. The van der Waals surface area contributed by atoms with Crippen molar-refractivity contribution in [2.24, 2.45) is 5.92 Å². The topological polar surface area (TPSA) is 29.1 Å². The second-order valence-electron chi connectivity index (χ2n) is 3.65. The minimum atomic E-state index is -0.0489. The summed E-state index contributed by atoms with van der Waals surface area (Å²) in [7, 11) is 1.82. The zero-order valence-electron chi connectivity index (χ0n) is 8.59. The number of likely N-dealkylation sites (N-methyl/N-ethyl adjacent to an activating group) is 1. The third-order valence-electron chi connectivity index (χ3n) is 2.50. The predicted octanol–water partition coefficient (Wildman–Crippen LogP) is 2.25. The van der Waals surface area contributed by atoms with Gasteiger partial charge in [0, 0.05) is 5.03 Å². The minimum absolute atomic E-state index is 0.0489. The molecule has 0 heterocycles. The summed E-state index contributed by atoms with van der Waals surface area (Å²) in [6.45, 7) is 1.62. The van der Waals surface area contributed by atoms with E-state index in [1.807, 2.05) is 19.2 Å². The molecular weight excluding hydrogens is 198 g/mol. The Balaban J connectivity index is 2.48. The maximum Gasteiger partial charge on any atom is 0.146 e. The van der Waals surface area contributed by atoms with Crippen molar-refractivity contribution < 1.29 is 4.79 Å². The Kier molecular flexibility index (Phi) is 4.36. The molecule has 0 bridgehead atoms. The zero-order valence-corrected chi connectivity index (χ0v) is 9.34. The average molecular weight is 214 g/mol. The molecular formula is C11H16ClNO. The van der Waals surface area contributed by atoms with Crippen LogP contribution in [0.3, 0.4) is 0 Å². The molecule has 0 aromatic rings. The van der Waals surface area contributed by atoms with E-state index < -0.39 is 0 Å². The van der Waals surface area contributed by atoms with Gasteiger partial charge in [0.2, 0.25) is 0 Å². The lowest BCUT2D eigenvalue weighted by Crippen LogP contribution is -2.34. The van der Waals surface area contributed by atoms with Crippen molar-refractivity contribution in [1.82, 2.24) is 5.32 Å². The van der Waals surface area contributed by atoms with Crippen molar-refractivity contribution in [3.05, 3.63) is 23.3 Å². The summed E-state index contributed by atoms with van der Waals surface area (Å²) < 4.78 is 0. The van der Waals surface area contributed by atoms with Gasteiger partial charge in [-0.2, -0.15) is 0 Å². The summed E-state index contributed by atoms with van der Waals surface area (Å²) in [6.07, 6.45) is 7.65. The number of nitrogens with one attached hydrogen (secondary N) is 1. The van der Waals surface area contributed by atoms with E-state index >= 15 is 0 Å². The summed E-state index contributed by atoms with van der Waals surface area (Å²) >= 11 is 5.92. The van der Waals surface area contributed by atoms with Gasteiger partial charge >= 0.3 is 0 Å². The Hall–Kier alpha value is -0.600. The van der Waals surface area contributed by atoms with Gasteiger partial charge in [-0.1, -0.05) is 23.8 Å².